The topological polar surface area (TPSA) is 35.2 Å². The Morgan fingerprint density at radius 1 is 1.39 bits per heavy atom. The molecule has 18 heavy (non-hydrogen) atoms. The molecule has 1 fully saturated rings. The van der Waals surface area contributed by atoms with E-state index in [9.17, 15) is 0 Å². The number of hydrogen-bond donors (Lipinski definition) is 1. The van der Waals surface area contributed by atoms with Gasteiger partial charge in [-0.3, -0.25) is 0 Å². The van der Waals surface area contributed by atoms with Crippen LogP contribution in [0.25, 0.3) is 0 Å². The van der Waals surface area contributed by atoms with E-state index in [4.69, 9.17) is 10.5 Å². The van der Waals surface area contributed by atoms with Crippen LogP contribution in [0.2, 0.25) is 0 Å². The molecule has 0 spiro atoms. The first-order chi connectivity index (χ1) is 8.65. The van der Waals surface area contributed by atoms with Crippen molar-refractivity contribution < 1.29 is 4.74 Å². The van der Waals surface area contributed by atoms with Gasteiger partial charge in [-0.1, -0.05) is 28.8 Å². The van der Waals surface area contributed by atoms with Gasteiger partial charge in [0.25, 0.3) is 0 Å². The molecule has 2 nitrogen and oxygen atoms in total. The summed E-state index contributed by atoms with van der Waals surface area (Å²) in [5, 5.41) is 0. The summed E-state index contributed by atoms with van der Waals surface area (Å²) in [4.78, 5) is 0. The Labute approximate surface area is 118 Å². The van der Waals surface area contributed by atoms with Crippen molar-refractivity contribution >= 4 is 15.9 Å². The zero-order valence-electron chi connectivity index (χ0n) is 11.0. The van der Waals surface area contributed by atoms with Crippen LogP contribution in [0.5, 0.6) is 5.75 Å². The van der Waals surface area contributed by atoms with Gasteiger partial charge in [-0.15, -0.1) is 0 Å². The molecule has 1 aromatic carbocycles. The second kappa shape index (κ2) is 6.58. The molecular formula is C15H22BrNO. The normalized spacial score (nSPS) is 17.9. The minimum absolute atomic E-state index is 0.160. The van der Waals surface area contributed by atoms with Crippen LogP contribution >= 0.6 is 15.9 Å². The fraction of sp³-hybridized carbons (Fsp3) is 0.600. The molecule has 0 saturated heterocycles. The number of ether oxygens (including phenoxy) is 1. The monoisotopic (exact) mass is 311 g/mol. The third kappa shape index (κ3) is 3.99. The van der Waals surface area contributed by atoms with Crippen LogP contribution in [0.1, 0.15) is 38.2 Å². The van der Waals surface area contributed by atoms with Gasteiger partial charge >= 0.3 is 0 Å². The molecular weight excluding hydrogens is 290 g/mol. The summed E-state index contributed by atoms with van der Waals surface area (Å²) < 4.78 is 7.09. The molecule has 0 radical (unpaired) electrons. The molecule has 2 N–H and O–H groups in total. The first-order valence-electron chi connectivity index (χ1n) is 6.82. The van der Waals surface area contributed by atoms with Gasteiger partial charge in [-0.25, -0.2) is 0 Å². The van der Waals surface area contributed by atoms with E-state index in [0.29, 0.717) is 0 Å². The summed E-state index contributed by atoms with van der Waals surface area (Å²) in [5.41, 5.74) is 7.10. The van der Waals surface area contributed by atoms with Crippen molar-refractivity contribution in [1.29, 1.82) is 0 Å². The maximum absolute atomic E-state index is 6.00. The van der Waals surface area contributed by atoms with Crippen molar-refractivity contribution in [2.75, 3.05) is 6.61 Å². The lowest BCUT2D eigenvalue weighted by Crippen LogP contribution is -2.19. The van der Waals surface area contributed by atoms with Gasteiger partial charge in [0.05, 0.1) is 6.61 Å². The minimum Gasteiger partial charge on any atom is -0.493 e. The van der Waals surface area contributed by atoms with Gasteiger partial charge in [0.1, 0.15) is 5.75 Å². The van der Waals surface area contributed by atoms with Crippen LogP contribution in [0, 0.1) is 5.92 Å². The van der Waals surface area contributed by atoms with Gasteiger partial charge in [0.2, 0.25) is 0 Å². The largest absolute Gasteiger partial charge is 0.493 e. The molecule has 1 atom stereocenters. The molecule has 0 amide bonds. The van der Waals surface area contributed by atoms with E-state index in [1.54, 1.807) is 0 Å². The Balaban J connectivity index is 2.00. The summed E-state index contributed by atoms with van der Waals surface area (Å²) in [6, 6.07) is 6.37. The lowest BCUT2D eigenvalue weighted by atomic mass is 10.1. The van der Waals surface area contributed by atoms with E-state index in [-0.39, 0.29) is 6.04 Å². The van der Waals surface area contributed by atoms with Crippen molar-refractivity contribution in [3.8, 4) is 5.75 Å². The molecule has 1 aromatic rings. The molecule has 0 aliphatic heterocycles. The highest BCUT2D eigenvalue weighted by atomic mass is 79.9. The van der Waals surface area contributed by atoms with E-state index >= 15 is 0 Å². The summed E-state index contributed by atoms with van der Waals surface area (Å²) in [5.74, 6) is 1.75. The predicted molar refractivity (Wildman–Crippen MR) is 78.9 cm³/mol. The van der Waals surface area contributed by atoms with E-state index < -0.39 is 0 Å². The third-order valence-electron chi connectivity index (χ3n) is 3.51. The van der Waals surface area contributed by atoms with Crippen molar-refractivity contribution in [2.45, 2.75) is 45.1 Å². The number of halogens is 1. The van der Waals surface area contributed by atoms with Gasteiger partial charge in [0.15, 0.2) is 0 Å². The molecule has 1 aliphatic rings. The van der Waals surface area contributed by atoms with Crippen LogP contribution in [-0.4, -0.2) is 12.6 Å². The van der Waals surface area contributed by atoms with Gasteiger partial charge in [-0.05, 0) is 55.9 Å². The van der Waals surface area contributed by atoms with Crippen molar-refractivity contribution in [3.63, 3.8) is 0 Å². The molecule has 0 heterocycles. The maximum atomic E-state index is 6.00. The lowest BCUT2D eigenvalue weighted by Gasteiger charge is -2.16. The minimum atomic E-state index is 0.160. The Kier molecular flexibility index (Phi) is 5.07. The van der Waals surface area contributed by atoms with Crippen molar-refractivity contribution in [2.24, 2.45) is 11.7 Å². The molecule has 2 rings (SSSR count). The van der Waals surface area contributed by atoms with Crippen LogP contribution in [0.3, 0.4) is 0 Å². The van der Waals surface area contributed by atoms with Crippen molar-refractivity contribution in [1.82, 2.24) is 0 Å². The highest BCUT2D eigenvalue weighted by Crippen LogP contribution is 2.28. The highest BCUT2D eigenvalue weighted by molar-refractivity contribution is 9.10. The van der Waals surface area contributed by atoms with Gasteiger partial charge < -0.3 is 10.5 Å². The molecule has 1 aliphatic carbocycles. The maximum Gasteiger partial charge on any atom is 0.122 e. The lowest BCUT2D eigenvalue weighted by molar-refractivity contribution is 0.249. The van der Waals surface area contributed by atoms with E-state index in [1.807, 2.05) is 13.0 Å². The number of benzene rings is 1. The molecule has 1 unspecified atom stereocenters. The van der Waals surface area contributed by atoms with Gasteiger partial charge in [-0.2, -0.15) is 0 Å². The first-order valence-corrected chi connectivity index (χ1v) is 7.61. The van der Waals surface area contributed by atoms with Crippen LogP contribution < -0.4 is 10.5 Å². The SMILES string of the molecule is CC(N)Cc1cc(Br)ccc1OCC1CCCC1. The predicted octanol–water partition coefficient (Wildman–Crippen LogP) is 3.91. The average Bonchev–Trinajstić information content (AvgIpc) is 2.80. The van der Waals surface area contributed by atoms with Crippen LogP contribution in [-0.2, 0) is 6.42 Å². The Bertz CT molecular complexity index is 386. The summed E-state index contributed by atoms with van der Waals surface area (Å²) in [6.45, 7) is 2.88. The number of hydrogen-bond acceptors (Lipinski definition) is 2. The smallest absolute Gasteiger partial charge is 0.122 e. The second-order valence-corrected chi connectivity index (χ2v) is 6.31. The third-order valence-corrected chi connectivity index (χ3v) is 4.01. The fourth-order valence-corrected chi connectivity index (χ4v) is 2.99. The zero-order valence-corrected chi connectivity index (χ0v) is 12.6. The summed E-state index contributed by atoms with van der Waals surface area (Å²) >= 11 is 3.51. The van der Waals surface area contributed by atoms with E-state index in [1.165, 1.54) is 31.2 Å². The molecule has 3 heteroatoms. The second-order valence-electron chi connectivity index (χ2n) is 5.39. The molecule has 100 valence electrons. The molecule has 1 saturated carbocycles. The quantitative estimate of drug-likeness (QED) is 0.895. The van der Waals surface area contributed by atoms with Crippen LogP contribution in [0.4, 0.5) is 0 Å². The average molecular weight is 312 g/mol. The van der Waals surface area contributed by atoms with Crippen molar-refractivity contribution in [3.05, 3.63) is 28.2 Å². The summed E-state index contributed by atoms with van der Waals surface area (Å²) in [7, 11) is 0. The molecule has 0 aromatic heterocycles. The van der Waals surface area contributed by atoms with E-state index in [2.05, 4.69) is 28.1 Å². The first kappa shape index (κ1) is 13.9. The van der Waals surface area contributed by atoms with Crippen LogP contribution in [0.15, 0.2) is 22.7 Å². The zero-order chi connectivity index (χ0) is 13.0. The standard InChI is InChI=1S/C15H22BrNO/c1-11(17)8-13-9-14(16)6-7-15(13)18-10-12-4-2-3-5-12/h6-7,9,11-12H,2-5,8,10,17H2,1H3. The highest BCUT2D eigenvalue weighted by Gasteiger charge is 2.16. The fourth-order valence-electron chi connectivity index (χ4n) is 2.58. The number of nitrogens with two attached hydrogens (primary N) is 1. The summed E-state index contributed by atoms with van der Waals surface area (Å²) in [6.07, 6.45) is 6.22. The molecule has 0 bridgehead atoms. The Morgan fingerprint density at radius 3 is 2.78 bits per heavy atom. The van der Waals surface area contributed by atoms with E-state index in [0.717, 1.165) is 29.2 Å². The Morgan fingerprint density at radius 2 is 2.11 bits per heavy atom. The number of rotatable bonds is 5. The Hall–Kier alpha value is -0.540. The van der Waals surface area contributed by atoms with Gasteiger partial charge in [0, 0.05) is 10.5 Å².